The third-order valence-electron chi connectivity index (χ3n) is 2.61. The highest BCUT2D eigenvalue weighted by atomic mass is 35.5. The second-order valence-corrected chi connectivity index (χ2v) is 3.98. The molecule has 1 aromatic rings. The average molecular weight is 231 g/mol. The minimum absolute atomic E-state index is 0.0263. The molecule has 0 aliphatic heterocycles. The van der Waals surface area contributed by atoms with Gasteiger partial charge in [-0.25, -0.2) is 9.55 Å². The molecule has 0 aliphatic rings. The van der Waals surface area contributed by atoms with Crippen molar-refractivity contribution in [2.24, 2.45) is 0 Å². The fraction of sp³-hybridized carbons (Fsp3) is 0.600. The van der Waals surface area contributed by atoms with Crippen LogP contribution in [0.4, 0.5) is 0 Å². The standard InChI is InChI=1S/C10H16ClN3O/c1-7-8(2)14(9(3)12-7)6-13(4)10(15)5-11/h5-6H2,1-4H3/p+1. The molecule has 0 aromatic carbocycles. The highest BCUT2D eigenvalue weighted by Gasteiger charge is 2.18. The van der Waals surface area contributed by atoms with Crippen LogP contribution in [0, 0.1) is 20.8 Å². The summed E-state index contributed by atoms with van der Waals surface area (Å²) in [5.74, 6) is 1.000. The van der Waals surface area contributed by atoms with Crippen molar-refractivity contribution in [1.29, 1.82) is 0 Å². The van der Waals surface area contributed by atoms with Crippen LogP contribution in [0.15, 0.2) is 0 Å². The van der Waals surface area contributed by atoms with Crippen molar-refractivity contribution in [2.75, 3.05) is 12.9 Å². The molecular formula is C10H17ClN3O+. The lowest BCUT2D eigenvalue weighted by atomic mass is 10.4. The summed E-state index contributed by atoms with van der Waals surface area (Å²) in [5, 5.41) is 0. The van der Waals surface area contributed by atoms with Crippen LogP contribution in [0.25, 0.3) is 0 Å². The highest BCUT2D eigenvalue weighted by molar-refractivity contribution is 6.27. The Morgan fingerprint density at radius 1 is 1.47 bits per heavy atom. The molecule has 0 aliphatic carbocycles. The zero-order valence-corrected chi connectivity index (χ0v) is 10.4. The number of carbonyl (C=O) groups excluding carboxylic acids is 1. The van der Waals surface area contributed by atoms with Gasteiger partial charge in [-0.15, -0.1) is 11.6 Å². The van der Waals surface area contributed by atoms with E-state index in [2.05, 4.69) is 9.55 Å². The van der Waals surface area contributed by atoms with Crippen molar-refractivity contribution >= 4 is 17.5 Å². The van der Waals surface area contributed by atoms with Gasteiger partial charge < -0.3 is 4.90 Å². The van der Waals surface area contributed by atoms with E-state index in [1.54, 1.807) is 11.9 Å². The smallest absolute Gasteiger partial charge is 0.252 e. The molecule has 0 saturated carbocycles. The maximum atomic E-state index is 11.3. The highest BCUT2D eigenvalue weighted by Crippen LogP contribution is 2.00. The first-order chi connectivity index (χ1) is 6.97. The summed E-state index contributed by atoms with van der Waals surface area (Å²) in [6.07, 6.45) is 0. The Morgan fingerprint density at radius 2 is 2.07 bits per heavy atom. The summed E-state index contributed by atoms with van der Waals surface area (Å²) < 4.78 is 2.06. The van der Waals surface area contributed by atoms with Crippen LogP contribution in [0.1, 0.15) is 17.2 Å². The lowest BCUT2D eigenvalue weighted by molar-refractivity contribution is -0.721. The van der Waals surface area contributed by atoms with E-state index in [-0.39, 0.29) is 11.8 Å². The molecule has 1 N–H and O–H groups in total. The quantitative estimate of drug-likeness (QED) is 0.608. The number of rotatable bonds is 3. The van der Waals surface area contributed by atoms with Crippen molar-refractivity contribution in [1.82, 2.24) is 9.88 Å². The summed E-state index contributed by atoms with van der Waals surface area (Å²) in [5.41, 5.74) is 2.26. The van der Waals surface area contributed by atoms with Crippen LogP contribution < -0.4 is 4.57 Å². The minimum Gasteiger partial charge on any atom is -0.308 e. The van der Waals surface area contributed by atoms with Gasteiger partial charge in [0.25, 0.3) is 5.82 Å². The van der Waals surface area contributed by atoms with Crippen molar-refractivity contribution < 1.29 is 9.36 Å². The number of halogens is 1. The van der Waals surface area contributed by atoms with Gasteiger partial charge >= 0.3 is 0 Å². The van der Waals surface area contributed by atoms with Crippen LogP contribution >= 0.6 is 11.6 Å². The fourth-order valence-electron chi connectivity index (χ4n) is 1.49. The molecule has 0 unspecified atom stereocenters. The van der Waals surface area contributed by atoms with Gasteiger partial charge in [-0.05, 0) is 0 Å². The van der Waals surface area contributed by atoms with Crippen LogP contribution in [-0.4, -0.2) is 28.7 Å². The first-order valence-corrected chi connectivity index (χ1v) is 5.36. The predicted octanol–water partition coefficient (Wildman–Crippen LogP) is 0.882. The summed E-state index contributed by atoms with van der Waals surface area (Å²) >= 11 is 5.49. The first kappa shape index (κ1) is 12.0. The van der Waals surface area contributed by atoms with E-state index in [1.807, 2.05) is 20.8 Å². The lowest BCUT2D eigenvalue weighted by Crippen LogP contribution is -2.47. The van der Waals surface area contributed by atoms with Crippen LogP contribution in [0.2, 0.25) is 0 Å². The molecule has 1 rings (SSSR count). The molecule has 15 heavy (non-hydrogen) atoms. The number of aromatic amines is 1. The third kappa shape index (κ3) is 2.50. The van der Waals surface area contributed by atoms with Gasteiger partial charge in [-0.2, -0.15) is 0 Å². The van der Waals surface area contributed by atoms with Crippen LogP contribution in [0.5, 0.6) is 0 Å². The molecule has 0 bridgehead atoms. The number of carbonyl (C=O) groups is 1. The summed E-state index contributed by atoms with van der Waals surface area (Å²) in [7, 11) is 1.75. The third-order valence-corrected chi connectivity index (χ3v) is 2.84. The number of alkyl halides is 1. The number of nitrogens with one attached hydrogen (secondary N) is 1. The molecular weight excluding hydrogens is 214 g/mol. The fourth-order valence-corrected chi connectivity index (χ4v) is 1.69. The van der Waals surface area contributed by atoms with E-state index in [1.165, 1.54) is 0 Å². The monoisotopic (exact) mass is 230 g/mol. The van der Waals surface area contributed by atoms with E-state index in [9.17, 15) is 4.79 Å². The van der Waals surface area contributed by atoms with Gasteiger partial charge in [-0.3, -0.25) is 4.79 Å². The first-order valence-electron chi connectivity index (χ1n) is 4.83. The Balaban J connectivity index is 2.85. The van der Waals surface area contributed by atoms with Crippen molar-refractivity contribution in [3.8, 4) is 0 Å². The van der Waals surface area contributed by atoms with Gasteiger partial charge in [0, 0.05) is 27.8 Å². The molecule has 1 heterocycles. The molecule has 0 radical (unpaired) electrons. The number of aryl methyl sites for hydroxylation is 2. The Kier molecular flexibility index (Phi) is 3.74. The SMILES string of the molecule is Cc1[nH]c(C)[n+](CN(C)C(=O)CCl)c1C. The molecule has 1 aromatic heterocycles. The predicted molar refractivity (Wildman–Crippen MR) is 58.7 cm³/mol. The molecule has 0 atom stereocenters. The topological polar surface area (TPSA) is 40.0 Å². The summed E-state index contributed by atoms with van der Waals surface area (Å²) in [6, 6.07) is 0. The van der Waals surface area contributed by atoms with E-state index in [0.717, 1.165) is 17.2 Å². The van der Waals surface area contributed by atoms with Crippen molar-refractivity contribution in [3.63, 3.8) is 0 Å². The number of nitrogens with zero attached hydrogens (tertiary/aromatic N) is 2. The molecule has 84 valence electrons. The van der Waals surface area contributed by atoms with Gasteiger partial charge in [0.1, 0.15) is 17.3 Å². The second kappa shape index (κ2) is 4.66. The van der Waals surface area contributed by atoms with Crippen LogP contribution in [-0.2, 0) is 11.5 Å². The Morgan fingerprint density at radius 3 is 2.47 bits per heavy atom. The Bertz CT molecular complexity index is 373. The summed E-state index contributed by atoms with van der Waals surface area (Å²) in [4.78, 5) is 16.2. The van der Waals surface area contributed by atoms with Crippen molar-refractivity contribution in [2.45, 2.75) is 27.4 Å². The van der Waals surface area contributed by atoms with Gasteiger partial charge in [0.15, 0.2) is 6.67 Å². The minimum atomic E-state index is -0.0678. The van der Waals surface area contributed by atoms with E-state index < -0.39 is 0 Å². The zero-order chi connectivity index (χ0) is 11.6. The molecule has 0 spiro atoms. The van der Waals surface area contributed by atoms with Gasteiger partial charge in [-0.1, -0.05) is 0 Å². The normalized spacial score (nSPS) is 10.5. The average Bonchev–Trinajstić information content (AvgIpc) is 2.43. The maximum absolute atomic E-state index is 11.3. The van der Waals surface area contributed by atoms with E-state index >= 15 is 0 Å². The van der Waals surface area contributed by atoms with E-state index in [4.69, 9.17) is 11.6 Å². The summed E-state index contributed by atoms with van der Waals surface area (Å²) in [6.45, 7) is 6.56. The lowest BCUT2D eigenvalue weighted by Gasteiger charge is -2.14. The number of amides is 1. The molecule has 0 saturated heterocycles. The van der Waals surface area contributed by atoms with Crippen molar-refractivity contribution in [3.05, 3.63) is 17.2 Å². The zero-order valence-electron chi connectivity index (χ0n) is 9.59. The Labute approximate surface area is 94.8 Å². The van der Waals surface area contributed by atoms with Gasteiger partial charge in [0.05, 0.1) is 0 Å². The maximum Gasteiger partial charge on any atom is 0.252 e. The number of hydrogen-bond donors (Lipinski definition) is 1. The number of H-pyrrole nitrogens is 1. The molecule has 0 fully saturated rings. The molecule has 1 amide bonds. The molecule has 5 heteroatoms. The van der Waals surface area contributed by atoms with Gasteiger partial charge in [0.2, 0.25) is 5.91 Å². The number of hydrogen-bond acceptors (Lipinski definition) is 1. The Hall–Kier alpha value is -1.03. The second-order valence-electron chi connectivity index (χ2n) is 3.72. The van der Waals surface area contributed by atoms with Crippen LogP contribution in [0.3, 0.4) is 0 Å². The van der Waals surface area contributed by atoms with E-state index in [0.29, 0.717) is 6.67 Å². The largest absolute Gasteiger partial charge is 0.308 e. The molecule has 4 nitrogen and oxygen atoms in total. The number of aromatic nitrogens is 2. The number of imidazole rings is 1.